The second-order valence-corrected chi connectivity index (χ2v) is 5.45. The van der Waals surface area contributed by atoms with E-state index in [1.807, 2.05) is 6.07 Å². The Hall–Kier alpha value is -1.56. The summed E-state index contributed by atoms with van der Waals surface area (Å²) in [7, 11) is 0. The summed E-state index contributed by atoms with van der Waals surface area (Å²) in [5, 5.41) is 12.2. The van der Waals surface area contributed by atoms with Crippen molar-refractivity contribution in [2.24, 2.45) is 11.8 Å². The fourth-order valence-corrected chi connectivity index (χ4v) is 2.88. The number of halogens is 1. The first-order valence-corrected chi connectivity index (χ1v) is 7.17. The SMILES string of the molecule is CCC1CCC(CNc2cccc(F)c2C#N)CC1. The summed E-state index contributed by atoms with van der Waals surface area (Å²) < 4.78 is 13.5. The van der Waals surface area contributed by atoms with Gasteiger partial charge in [-0.2, -0.15) is 5.26 Å². The van der Waals surface area contributed by atoms with E-state index in [-0.39, 0.29) is 5.56 Å². The van der Waals surface area contributed by atoms with Gasteiger partial charge in [0.1, 0.15) is 17.4 Å². The van der Waals surface area contributed by atoms with Crippen LogP contribution in [-0.2, 0) is 0 Å². The summed E-state index contributed by atoms with van der Waals surface area (Å²) in [6.45, 7) is 3.10. The predicted molar refractivity (Wildman–Crippen MR) is 75.3 cm³/mol. The van der Waals surface area contributed by atoms with Gasteiger partial charge in [-0.3, -0.25) is 0 Å². The molecule has 0 aromatic heterocycles. The van der Waals surface area contributed by atoms with Crippen molar-refractivity contribution in [3.05, 3.63) is 29.6 Å². The predicted octanol–water partition coefficient (Wildman–Crippen LogP) is 4.33. The zero-order valence-electron chi connectivity index (χ0n) is 11.5. The first-order chi connectivity index (χ1) is 9.24. The highest BCUT2D eigenvalue weighted by Crippen LogP contribution is 2.31. The van der Waals surface area contributed by atoms with Crippen molar-refractivity contribution in [3.8, 4) is 6.07 Å². The first kappa shape index (κ1) is 13.9. The van der Waals surface area contributed by atoms with E-state index < -0.39 is 5.82 Å². The van der Waals surface area contributed by atoms with Crippen molar-refractivity contribution in [1.82, 2.24) is 0 Å². The number of nitrogens with one attached hydrogen (secondary N) is 1. The lowest BCUT2D eigenvalue weighted by Gasteiger charge is -2.28. The van der Waals surface area contributed by atoms with Crippen LogP contribution in [0.3, 0.4) is 0 Å². The first-order valence-electron chi connectivity index (χ1n) is 7.17. The van der Waals surface area contributed by atoms with Crippen LogP contribution >= 0.6 is 0 Å². The van der Waals surface area contributed by atoms with Gasteiger partial charge in [-0.15, -0.1) is 0 Å². The number of hydrogen-bond acceptors (Lipinski definition) is 2. The summed E-state index contributed by atoms with van der Waals surface area (Å²) in [5.74, 6) is 1.10. The fraction of sp³-hybridized carbons (Fsp3) is 0.562. The van der Waals surface area contributed by atoms with Crippen molar-refractivity contribution in [3.63, 3.8) is 0 Å². The van der Waals surface area contributed by atoms with Gasteiger partial charge in [0, 0.05) is 6.54 Å². The highest BCUT2D eigenvalue weighted by Gasteiger charge is 2.20. The minimum Gasteiger partial charge on any atom is -0.384 e. The average Bonchev–Trinajstić information content (AvgIpc) is 2.45. The summed E-state index contributed by atoms with van der Waals surface area (Å²) in [6, 6.07) is 6.68. The molecule has 19 heavy (non-hydrogen) atoms. The summed E-state index contributed by atoms with van der Waals surface area (Å²) in [6.07, 6.45) is 6.36. The molecule has 1 saturated carbocycles. The minimum absolute atomic E-state index is 0.129. The minimum atomic E-state index is -0.442. The Labute approximate surface area is 114 Å². The molecule has 3 heteroatoms. The van der Waals surface area contributed by atoms with E-state index in [9.17, 15) is 4.39 Å². The maximum absolute atomic E-state index is 13.5. The van der Waals surface area contributed by atoms with Crippen LogP contribution in [-0.4, -0.2) is 6.54 Å². The molecule has 1 fully saturated rings. The Morgan fingerprint density at radius 2 is 1.95 bits per heavy atom. The highest BCUT2D eigenvalue weighted by molar-refractivity contribution is 5.57. The number of nitriles is 1. The van der Waals surface area contributed by atoms with Gasteiger partial charge in [0.25, 0.3) is 0 Å². The molecular formula is C16H21FN2. The molecule has 0 bridgehead atoms. The summed E-state index contributed by atoms with van der Waals surface area (Å²) in [5.41, 5.74) is 0.754. The molecule has 0 radical (unpaired) electrons. The third-order valence-corrected chi connectivity index (χ3v) is 4.25. The Bertz CT molecular complexity index is 456. The zero-order valence-corrected chi connectivity index (χ0v) is 11.5. The molecule has 0 unspecified atom stereocenters. The second kappa shape index (κ2) is 6.56. The largest absolute Gasteiger partial charge is 0.384 e. The van der Waals surface area contributed by atoms with E-state index in [1.54, 1.807) is 12.1 Å². The molecule has 102 valence electrons. The van der Waals surface area contributed by atoms with Crippen molar-refractivity contribution in [2.75, 3.05) is 11.9 Å². The topological polar surface area (TPSA) is 35.8 Å². The quantitative estimate of drug-likeness (QED) is 0.874. The number of benzene rings is 1. The molecule has 1 aliphatic rings. The number of nitrogens with zero attached hydrogens (tertiary/aromatic N) is 1. The number of rotatable bonds is 4. The molecule has 0 amide bonds. The van der Waals surface area contributed by atoms with E-state index >= 15 is 0 Å². The molecule has 2 rings (SSSR count). The van der Waals surface area contributed by atoms with Crippen LogP contribution in [0.1, 0.15) is 44.6 Å². The lowest BCUT2D eigenvalue weighted by Crippen LogP contribution is -2.21. The molecule has 2 nitrogen and oxygen atoms in total. The lowest BCUT2D eigenvalue weighted by molar-refractivity contribution is 0.278. The monoisotopic (exact) mass is 260 g/mol. The Morgan fingerprint density at radius 3 is 2.58 bits per heavy atom. The maximum Gasteiger partial charge on any atom is 0.143 e. The van der Waals surface area contributed by atoms with Gasteiger partial charge >= 0.3 is 0 Å². The van der Waals surface area contributed by atoms with Gasteiger partial charge in [0.05, 0.1) is 5.69 Å². The van der Waals surface area contributed by atoms with E-state index in [1.165, 1.54) is 38.2 Å². The smallest absolute Gasteiger partial charge is 0.143 e. The molecule has 1 aliphatic carbocycles. The zero-order chi connectivity index (χ0) is 13.7. The van der Waals surface area contributed by atoms with Gasteiger partial charge in [-0.05, 0) is 36.8 Å². The van der Waals surface area contributed by atoms with Gasteiger partial charge in [0.2, 0.25) is 0 Å². The molecule has 0 heterocycles. The van der Waals surface area contributed by atoms with Crippen LogP contribution in [0, 0.1) is 29.0 Å². The second-order valence-electron chi connectivity index (χ2n) is 5.45. The Morgan fingerprint density at radius 1 is 1.26 bits per heavy atom. The third-order valence-electron chi connectivity index (χ3n) is 4.25. The van der Waals surface area contributed by atoms with Crippen LogP contribution in [0.15, 0.2) is 18.2 Å². The van der Waals surface area contributed by atoms with Crippen LogP contribution in [0.5, 0.6) is 0 Å². The molecule has 0 atom stereocenters. The normalized spacial score (nSPS) is 22.8. The van der Waals surface area contributed by atoms with Crippen molar-refractivity contribution in [1.29, 1.82) is 5.26 Å². The van der Waals surface area contributed by atoms with Crippen LogP contribution in [0.25, 0.3) is 0 Å². The maximum atomic E-state index is 13.5. The summed E-state index contributed by atoms with van der Waals surface area (Å²) >= 11 is 0. The molecule has 1 aromatic carbocycles. The average molecular weight is 260 g/mol. The molecule has 0 spiro atoms. The van der Waals surface area contributed by atoms with Crippen molar-refractivity contribution in [2.45, 2.75) is 39.0 Å². The molecule has 0 aliphatic heterocycles. The van der Waals surface area contributed by atoms with Crippen LogP contribution in [0.2, 0.25) is 0 Å². The molecule has 1 aromatic rings. The van der Waals surface area contributed by atoms with Crippen molar-refractivity contribution < 1.29 is 4.39 Å². The van der Waals surface area contributed by atoms with Crippen LogP contribution in [0.4, 0.5) is 10.1 Å². The van der Waals surface area contributed by atoms with Gasteiger partial charge in [0.15, 0.2) is 0 Å². The van der Waals surface area contributed by atoms with Crippen molar-refractivity contribution >= 4 is 5.69 Å². The van der Waals surface area contributed by atoms with Gasteiger partial charge in [-0.1, -0.05) is 32.3 Å². The lowest BCUT2D eigenvalue weighted by atomic mass is 9.81. The molecule has 1 N–H and O–H groups in total. The Kier molecular flexibility index (Phi) is 4.79. The number of anilines is 1. The van der Waals surface area contributed by atoms with Crippen LogP contribution < -0.4 is 5.32 Å². The number of hydrogen-bond donors (Lipinski definition) is 1. The summed E-state index contributed by atoms with van der Waals surface area (Å²) in [4.78, 5) is 0. The van der Waals surface area contributed by atoms with Gasteiger partial charge < -0.3 is 5.32 Å². The highest BCUT2D eigenvalue weighted by atomic mass is 19.1. The van der Waals surface area contributed by atoms with E-state index in [0.29, 0.717) is 11.6 Å². The Balaban J connectivity index is 1.90. The fourth-order valence-electron chi connectivity index (χ4n) is 2.88. The molecular weight excluding hydrogens is 239 g/mol. The van der Waals surface area contributed by atoms with E-state index in [4.69, 9.17) is 5.26 Å². The van der Waals surface area contributed by atoms with E-state index in [2.05, 4.69) is 12.2 Å². The third kappa shape index (κ3) is 3.47. The van der Waals surface area contributed by atoms with E-state index in [0.717, 1.165) is 12.5 Å². The van der Waals surface area contributed by atoms with Gasteiger partial charge in [-0.25, -0.2) is 4.39 Å². The standard InChI is InChI=1S/C16H21FN2/c1-2-12-6-8-13(9-7-12)11-19-16-5-3-4-15(17)14(16)10-18/h3-5,12-13,19H,2,6-9,11H2,1H3. The molecule has 0 saturated heterocycles.